The van der Waals surface area contributed by atoms with Crippen LogP contribution in [-0.4, -0.2) is 64.7 Å². The summed E-state index contributed by atoms with van der Waals surface area (Å²) in [5, 5.41) is 30.0. The molecule has 6 N–H and O–H groups in total. The summed E-state index contributed by atoms with van der Waals surface area (Å²) in [7, 11) is 0. The van der Waals surface area contributed by atoms with Crippen LogP contribution in [0.15, 0.2) is 46.1 Å². The van der Waals surface area contributed by atoms with Crippen molar-refractivity contribution in [3.05, 3.63) is 52.3 Å². The largest absolute Gasteiger partial charge is 0.506 e. The van der Waals surface area contributed by atoms with Gasteiger partial charge in [0.2, 0.25) is 5.91 Å². The number of nitrogens with one attached hydrogen (secondary N) is 4. The predicted octanol–water partition coefficient (Wildman–Crippen LogP) is 1.32. The van der Waals surface area contributed by atoms with Gasteiger partial charge in [-0.1, -0.05) is 12.1 Å². The molecule has 180 valence electrons. The minimum atomic E-state index is -1.18. The fourth-order valence-corrected chi connectivity index (χ4v) is 3.49. The van der Waals surface area contributed by atoms with Gasteiger partial charge in [0.25, 0.3) is 5.91 Å². The van der Waals surface area contributed by atoms with Crippen LogP contribution in [0.1, 0.15) is 28.4 Å². The van der Waals surface area contributed by atoms with Crippen LogP contribution in [0.2, 0.25) is 0 Å². The number of carboxylic acids is 1. The van der Waals surface area contributed by atoms with E-state index in [9.17, 15) is 29.0 Å². The van der Waals surface area contributed by atoms with Crippen LogP contribution < -0.4 is 21.3 Å². The summed E-state index contributed by atoms with van der Waals surface area (Å²) in [5.41, 5.74) is 0.814. The number of phenols is 1. The lowest BCUT2D eigenvalue weighted by atomic mass is 10.0. The highest BCUT2D eigenvalue weighted by molar-refractivity contribution is 9.10. The molecule has 2 amide bonds. The number of aliphatic imine (C=N–C) groups is 1. The van der Waals surface area contributed by atoms with Gasteiger partial charge in [-0.3, -0.25) is 19.4 Å². The first-order valence-corrected chi connectivity index (χ1v) is 10.9. The second-order valence-electron chi connectivity index (χ2n) is 7.33. The molecule has 0 radical (unpaired) electrons. The van der Waals surface area contributed by atoms with Crippen molar-refractivity contribution in [3.63, 3.8) is 0 Å². The number of phenolic OH excluding ortho intramolecular Hbond substituents is 1. The number of carbonyl (C=O) groups excluding carboxylic acids is 2. The number of para-hydroxylation sites is 1. The van der Waals surface area contributed by atoms with Gasteiger partial charge < -0.3 is 31.5 Å². The topological polar surface area (TPSA) is 165 Å². The number of anilines is 1. The van der Waals surface area contributed by atoms with E-state index in [1.807, 2.05) is 0 Å². The Hall–Kier alpha value is -3.74. The molecule has 11 nitrogen and oxygen atoms in total. The molecule has 2 aromatic rings. The lowest BCUT2D eigenvalue weighted by Gasteiger charge is -2.19. The summed E-state index contributed by atoms with van der Waals surface area (Å²) in [4.78, 5) is 44.1. The van der Waals surface area contributed by atoms with E-state index in [0.29, 0.717) is 16.1 Å². The number of aromatic nitrogens is 1. The molecular formula is C21H22BrFN6O5. The highest BCUT2D eigenvalue weighted by Gasteiger charge is 2.22. The average Bonchev–Trinajstić information content (AvgIpc) is 2.80. The fourth-order valence-electron chi connectivity index (χ4n) is 3.11. The molecule has 1 aromatic carbocycles. The molecule has 1 aromatic heterocycles. The first-order chi connectivity index (χ1) is 16.2. The Morgan fingerprint density at radius 3 is 2.79 bits per heavy atom. The second-order valence-corrected chi connectivity index (χ2v) is 8.19. The second kappa shape index (κ2) is 11.4. The molecular weight excluding hydrogens is 515 g/mol. The van der Waals surface area contributed by atoms with E-state index < -0.39 is 43.0 Å². The highest BCUT2D eigenvalue weighted by atomic mass is 79.9. The number of carbonyl (C=O) groups is 3. The van der Waals surface area contributed by atoms with Crippen molar-refractivity contribution >= 4 is 45.4 Å². The summed E-state index contributed by atoms with van der Waals surface area (Å²) >= 11 is 3.16. The number of aliphatic carboxylic acids is 1. The Morgan fingerprint density at radius 1 is 1.29 bits per heavy atom. The lowest BCUT2D eigenvalue weighted by Crippen LogP contribution is -2.41. The maximum Gasteiger partial charge on any atom is 0.305 e. The predicted molar refractivity (Wildman–Crippen MR) is 124 cm³/mol. The van der Waals surface area contributed by atoms with E-state index in [1.165, 1.54) is 24.5 Å². The van der Waals surface area contributed by atoms with Crippen LogP contribution in [0.4, 0.5) is 10.1 Å². The molecule has 13 heteroatoms. The van der Waals surface area contributed by atoms with Crippen molar-refractivity contribution in [2.24, 2.45) is 4.99 Å². The molecule has 0 aliphatic carbocycles. The Kier molecular flexibility index (Phi) is 8.35. The lowest BCUT2D eigenvalue weighted by molar-refractivity contribution is -0.137. The van der Waals surface area contributed by atoms with Gasteiger partial charge >= 0.3 is 5.97 Å². The number of carboxylic acid groups (broad SMARTS) is 1. The maximum absolute atomic E-state index is 13.2. The molecule has 2 atom stereocenters. The number of amides is 2. The quantitative estimate of drug-likeness (QED) is 0.294. The van der Waals surface area contributed by atoms with Gasteiger partial charge in [-0.05, 0) is 28.1 Å². The SMILES string of the molecule is O=C(O)C[C@@H](NC(=O)CNC(=O)c1cncc(NC2=NCC(F)CN2)c1)c1cccc(Br)c1O. The standard InChI is InChI=1S/C21H22BrFN6O5/c22-15-3-1-2-14(19(15)33)16(5-18(31)32)29-17(30)10-25-20(34)11-4-13(9-24-6-11)28-21-26-7-12(23)8-27-21/h1-4,6,9,12,16,33H,5,7-8,10H2,(H,25,34)(H,29,30)(H,31,32)(H2,26,27,28)/t16-/m1/s1. The number of pyridine rings is 1. The third kappa shape index (κ3) is 6.88. The minimum absolute atomic E-state index is 0.0264. The summed E-state index contributed by atoms with van der Waals surface area (Å²) < 4.78 is 13.5. The number of alkyl halides is 1. The molecule has 1 aliphatic rings. The molecule has 0 fully saturated rings. The van der Waals surface area contributed by atoms with Crippen molar-refractivity contribution in [2.75, 3.05) is 25.0 Å². The van der Waals surface area contributed by atoms with Gasteiger partial charge in [-0.2, -0.15) is 0 Å². The number of benzene rings is 1. The van der Waals surface area contributed by atoms with Crippen molar-refractivity contribution in [2.45, 2.75) is 18.6 Å². The molecule has 0 saturated carbocycles. The van der Waals surface area contributed by atoms with Crippen LogP contribution in [-0.2, 0) is 9.59 Å². The average molecular weight is 537 g/mol. The van der Waals surface area contributed by atoms with Crippen molar-refractivity contribution < 1.29 is 29.0 Å². The summed E-state index contributed by atoms with van der Waals surface area (Å²) in [6.07, 6.45) is 1.23. The third-order valence-electron chi connectivity index (χ3n) is 4.72. The van der Waals surface area contributed by atoms with Crippen LogP contribution in [0.3, 0.4) is 0 Å². The first-order valence-electron chi connectivity index (χ1n) is 10.1. The number of hydrogen-bond donors (Lipinski definition) is 6. The van der Waals surface area contributed by atoms with Gasteiger partial charge in [0, 0.05) is 11.8 Å². The molecule has 0 spiro atoms. The maximum atomic E-state index is 13.2. The molecule has 0 saturated heterocycles. The van der Waals surface area contributed by atoms with E-state index in [0.717, 1.165) is 0 Å². The van der Waals surface area contributed by atoms with Crippen LogP contribution in [0.25, 0.3) is 0 Å². The molecule has 3 rings (SSSR count). The van der Waals surface area contributed by atoms with Gasteiger partial charge in [0.15, 0.2) is 5.96 Å². The van der Waals surface area contributed by atoms with Crippen LogP contribution in [0.5, 0.6) is 5.75 Å². The molecule has 34 heavy (non-hydrogen) atoms. The first kappa shape index (κ1) is 24.9. The monoisotopic (exact) mass is 536 g/mol. The summed E-state index contributed by atoms with van der Waals surface area (Å²) in [5.74, 6) is -2.25. The zero-order valence-corrected chi connectivity index (χ0v) is 19.3. The number of aromatic hydroxyl groups is 1. The molecule has 0 bridgehead atoms. The number of rotatable bonds is 8. The van der Waals surface area contributed by atoms with Crippen molar-refractivity contribution in [1.82, 2.24) is 20.9 Å². The molecule has 1 aliphatic heterocycles. The van der Waals surface area contributed by atoms with Gasteiger partial charge in [-0.25, -0.2) is 9.38 Å². The zero-order chi connectivity index (χ0) is 24.7. The van der Waals surface area contributed by atoms with Crippen molar-refractivity contribution in [1.29, 1.82) is 0 Å². The summed E-state index contributed by atoms with van der Waals surface area (Å²) in [6, 6.07) is 5.14. The smallest absolute Gasteiger partial charge is 0.305 e. The third-order valence-corrected chi connectivity index (χ3v) is 5.36. The molecule has 2 heterocycles. The minimum Gasteiger partial charge on any atom is -0.506 e. The summed E-state index contributed by atoms with van der Waals surface area (Å²) in [6.45, 7) is -0.290. The van der Waals surface area contributed by atoms with E-state index in [4.69, 9.17) is 0 Å². The van der Waals surface area contributed by atoms with E-state index in [2.05, 4.69) is 47.2 Å². The Bertz CT molecular complexity index is 1110. The van der Waals surface area contributed by atoms with Crippen molar-refractivity contribution in [3.8, 4) is 5.75 Å². The zero-order valence-electron chi connectivity index (χ0n) is 17.7. The number of hydrogen-bond acceptors (Lipinski definition) is 8. The number of halogens is 2. The Balaban J connectivity index is 1.59. The van der Waals surface area contributed by atoms with E-state index in [1.54, 1.807) is 12.1 Å². The number of nitrogens with zero attached hydrogens (tertiary/aromatic N) is 2. The van der Waals surface area contributed by atoms with E-state index in [-0.39, 0.29) is 30.0 Å². The fraction of sp³-hybridized carbons (Fsp3) is 0.286. The Labute approximate surface area is 202 Å². The van der Waals surface area contributed by atoms with Gasteiger partial charge in [0.1, 0.15) is 11.9 Å². The van der Waals surface area contributed by atoms with Gasteiger partial charge in [-0.15, -0.1) is 0 Å². The van der Waals surface area contributed by atoms with Crippen LogP contribution >= 0.6 is 15.9 Å². The number of guanidine groups is 1. The van der Waals surface area contributed by atoms with Crippen LogP contribution in [0, 0.1) is 0 Å². The Morgan fingerprint density at radius 2 is 2.09 bits per heavy atom. The normalized spacial score (nSPS) is 15.9. The van der Waals surface area contributed by atoms with E-state index >= 15 is 0 Å². The molecule has 1 unspecified atom stereocenters. The highest BCUT2D eigenvalue weighted by Crippen LogP contribution is 2.33. The van der Waals surface area contributed by atoms with Gasteiger partial charge in [0.05, 0.1) is 54.0 Å².